The van der Waals surface area contributed by atoms with Crippen molar-refractivity contribution in [2.45, 2.75) is 39.2 Å². The van der Waals surface area contributed by atoms with Gasteiger partial charge in [-0.05, 0) is 44.7 Å². The van der Waals surface area contributed by atoms with E-state index < -0.39 is 0 Å². The molecule has 33 heavy (non-hydrogen) atoms. The number of nitrogens with one attached hydrogen (secondary N) is 1. The van der Waals surface area contributed by atoms with Crippen LogP contribution < -0.4 is 5.32 Å². The lowest BCUT2D eigenvalue weighted by Gasteiger charge is -2.34. The van der Waals surface area contributed by atoms with Gasteiger partial charge in [0.2, 0.25) is 0 Å². The second-order valence-electron chi connectivity index (χ2n) is 8.83. The van der Waals surface area contributed by atoms with E-state index in [1.54, 1.807) is 0 Å². The van der Waals surface area contributed by atoms with Crippen molar-refractivity contribution in [2.75, 3.05) is 66.0 Å². The van der Waals surface area contributed by atoms with Crippen LogP contribution in [0.3, 0.4) is 0 Å². The van der Waals surface area contributed by atoms with E-state index in [9.17, 15) is 4.79 Å². The number of aliphatic imine (C=N–C) groups is 1. The third-order valence-corrected chi connectivity index (χ3v) is 6.52. The van der Waals surface area contributed by atoms with Crippen molar-refractivity contribution in [3.8, 4) is 0 Å². The maximum atomic E-state index is 11.8. The van der Waals surface area contributed by atoms with E-state index in [1.807, 2.05) is 0 Å². The number of hydrogen-bond acceptors (Lipinski definition) is 5. The number of esters is 1. The fourth-order valence-electron chi connectivity index (χ4n) is 4.56. The van der Waals surface area contributed by atoms with Crippen LogP contribution >= 0.6 is 24.0 Å². The summed E-state index contributed by atoms with van der Waals surface area (Å²) in [6.45, 7) is 12.4. The molecule has 2 aliphatic heterocycles. The molecule has 0 unspecified atom stereocenters. The van der Waals surface area contributed by atoms with Gasteiger partial charge < -0.3 is 19.9 Å². The molecule has 0 spiro atoms. The van der Waals surface area contributed by atoms with Gasteiger partial charge in [-0.2, -0.15) is 0 Å². The van der Waals surface area contributed by atoms with Gasteiger partial charge >= 0.3 is 5.97 Å². The Hall–Kier alpha value is -1.39. The van der Waals surface area contributed by atoms with E-state index in [2.05, 4.69) is 57.3 Å². The normalized spacial score (nSPS) is 18.6. The van der Waals surface area contributed by atoms with Gasteiger partial charge in [-0.3, -0.25) is 14.7 Å². The summed E-state index contributed by atoms with van der Waals surface area (Å²) in [5, 5.41) is 3.42. The topological polar surface area (TPSA) is 60.4 Å². The highest BCUT2D eigenvalue weighted by Gasteiger charge is 2.26. The monoisotopic (exact) mass is 571 g/mol. The summed E-state index contributed by atoms with van der Waals surface area (Å²) in [5.74, 6) is 0.949. The van der Waals surface area contributed by atoms with Crippen LogP contribution in [0.4, 0.5) is 0 Å². The molecule has 0 aromatic heterocycles. The first-order valence-corrected chi connectivity index (χ1v) is 12.3. The molecular formula is C25H42IN5O2. The van der Waals surface area contributed by atoms with Crippen LogP contribution in [0.1, 0.15) is 38.2 Å². The van der Waals surface area contributed by atoms with Crippen molar-refractivity contribution in [1.29, 1.82) is 0 Å². The Morgan fingerprint density at radius 1 is 1.03 bits per heavy atom. The standard InChI is InChI=1S/C25H41N5O2.HI/c1-3-26-25(30-15-11-23(12-16-30)24(31)32-2)27-13-7-8-14-28-17-19-29(20-18-28)21-22-9-5-4-6-10-22;/h4-6,9-10,23H,3,7-8,11-21H2,1-2H3,(H,26,27);1H. The highest BCUT2D eigenvalue weighted by Crippen LogP contribution is 2.18. The first-order valence-electron chi connectivity index (χ1n) is 12.3. The van der Waals surface area contributed by atoms with E-state index in [0.717, 1.165) is 90.7 Å². The summed E-state index contributed by atoms with van der Waals surface area (Å²) < 4.78 is 4.90. The number of guanidine groups is 1. The molecule has 0 aliphatic carbocycles. The molecule has 2 aliphatic rings. The van der Waals surface area contributed by atoms with Crippen LogP contribution in [0.25, 0.3) is 0 Å². The number of benzene rings is 1. The lowest BCUT2D eigenvalue weighted by atomic mass is 9.97. The third kappa shape index (κ3) is 9.41. The van der Waals surface area contributed by atoms with E-state index in [4.69, 9.17) is 9.73 Å². The Bertz CT molecular complexity index is 702. The average Bonchev–Trinajstić information content (AvgIpc) is 2.84. The molecule has 7 nitrogen and oxygen atoms in total. The van der Waals surface area contributed by atoms with Gasteiger partial charge in [0.15, 0.2) is 5.96 Å². The Labute approximate surface area is 216 Å². The van der Waals surface area contributed by atoms with Gasteiger partial charge in [-0.25, -0.2) is 0 Å². The largest absolute Gasteiger partial charge is 0.469 e. The van der Waals surface area contributed by atoms with Crippen LogP contribution in [0, 0.1) is 5.92 Å². The zero-order valence-corrected chi connectivity index (χ0v) is 22.7. The molecule has 1 N–H and O–H groups in total. The maximum Gasteiger partial charge on any atom is 0.308 e. The van der Waals surface area contributed by atoms with E-state index in [1.165, 1.54) is 19.1 Å². The van der Waals surface area contributed by atoms with Crippen molar-refractivity contribution in [1.82, 2.24) is 20.0 Å². The van der Waals surface area contributed by atoms with Crippen molar-refractivity contribution in [2.24, 2.45) is 10.9 Å². The molecule has 2 fully saturated rings. The molecule has 2 heterocycles. The Morgan fingerprint density at radius 3 is 2.33 bits per heavy atom. The Kier molecular flexibility index (Phi) is 13.1. The number of ether oxygens (including phenoxy) is 1. The molecule has 0 amide bonds. The van der Waals surface area contributed by atoms with Gasteiger partial charge in [0.1, 0.15) is 0 Å². The maximum absolute atomic E-state index is 11.8. The minimum absolute atomic E-state index is 0. The number of carbonyl (C=O) groups is 1. The molecule has 8 heteroatoms. The van der Waals surface area contributed by atoms with Crippen LogP contribution in [-0.4, -0.2) is 92.6 Å². The molecule has 3 rings (SSSR count). The molecule has 0 radical (unpaired) electrons. The van der Waals surface area contributed by atoms with Crippen LogP contribution in [-0.2, 0) is 16.1 Å². The first kappa shape index (κ1) is 27.9. The van der Waals surface area contributed by atoms with Gasteiger partial charge in [-0.15, -0.1) is 24.0 Å². The summed E-state index contributed by atoms with van der Waals surface area (Å²) in [6, 6.07) is 10.8. The predicted molar refractivity (Wildman–Crippen MR) is 145 cm³/mol. The summed E-state index contributed by atoms with van der Waals surface area (Å²) in [4.78, 5) is 24.0. The number of rotatable bonds is 9. The minimum Gasteiger partial charge on any atom is -0.469 e. The number of methoxy groups -OCH3 is 1. The van der Waals surface area contributed by atoms with Crippen molar-refractivity contribution < 1.29 is 9.53 Å². The second kappa shape index (κ2) is 15.5. The van der Waals surface area contributed by atoms with Gasteiger partial charge in [0, 0.05) is 58.9 Å². The van der Waals surface area contributed by atoms with Crippen molar-refractivity contribution >= 4 is 35.9 Å². The van der Waals surface area contributed by atoms with E-state index >= 15 is 0 Å². The highest BCUT2D eigenvalue weighted by atomic mass is 127. The molecule has 186 valence electrons. The lowest BCUT2D eigenvalue weighted by Crippen LogP contribution is -2.46. The van der Waals surface area contributed by atoms with Gasteiger partial charge in [0.25, 0.3) is 0 Å². The minimum atomic E-state index is -0.0764. The van der Waals surface area contributed by atoms with Crippen LogP contribution in [0.5, 0.6) is 0 Å². The SMILES string of the molecule is CCNC(=NCCCCN1CCN(Cc2ccccc2)CC1)N1CCC(C(=O)OC)CC1.I. The Morgan fingerprint density at radius 2 is 1.70 bits per heavy atom. The summed E-state index contributed by atoms with van der Waals surface area (Å²) in [5.41, 5.74) is 1.41. The van der Waals surface area contributed by atoms with E-state index in [-0.39, 0.29) is 35.9 Å². The second-order valence-corrected chi connectivity index (χ2v) is 8.83. The first-order chi connectivity index (χ1) is 15.7. The number of unbranched alkanes of at least 4 members (excludes halogenated alkanes) is 1. The molecule has 1 aromatic carbocycles. The van der Waals surface area contributed by atoms with Crippen LogP contribution in [0.2, 0.25) is 0 Å². The fraction of sp³-hybridized carbons (Fsp3) is 0.680. The zero-order valence-electron chi connectivity index (χ0n) is 20.4. The summed E-state index contributed by atoms with van der Waals surface area (Å²) >= 11 is 0. The third-order valence-electron chi connectivity index (χ3n) is 6.52. The summed E-state index contributed by atoms with van der Waals surface area (Å²) in [6.07, 6.45) is 3.98. The fourth-order valence-corrected chi connectivity index (χ4v) is 4.56. The van der Waals surface area contributed by atoms with Gasteiger partial charge in [0.05, 0.1) is 13.0 Å². The van der Waals surface area contributed by atoms with Gasteiger partial charge in [-0.1, -0.05) is 30.3 Å². The number of piperazine rings is 1. The number of likely N-dealkylation sites (tertiary alicyclic amines) is 1. The lowest BCUT2D eigenvalue weighted by molar-refractivity contribution is -0.146. The number of nitrogens with zero attached hydrogens (tertiary/aromatic N) is 4. The van der Waals surface area contributed by atoms with Crippen LogP contribution in [0.15, 0.2) is 35.3 Å². The highest BCUT2D eigenvalue weighted by molar-refractivity contribution is 14.0. The smallest absolute Gasteiger partial charge is 0.308 e. The molecular weight excluding hydrogens is 529 g/mol. The number of halogens is 1. The number of piperidine rings is 1. The number of carbonyl (C=O) groups excluding carboxylic acids is 1. The quantitative estimate of drug-likeness (QED) is 0.162. The Balaban J connectivity index is 0.00000385. The van der Waals surface area contributed by atoms with Crippen molar-refractivity contribution in [3.63, 3.8) is 0 Å². The molecule has 0 bridgehead atoms. The number of hydrogen-bond donors (Lipinski definition) is 1. The zero-order chi connectivity index (χ0) is 22.6. The predicted octanol–water partition coefficient (Wildman–Crippen LogP) is 3.05. The van der Waals surface area contributed by atoms with Crippen molar-refractivity contribution in [3.05, 3.63) is 35.9 Å². The molecule has 1 aromatic rings. The molecule has 0 saturated carbocycles. The summed E-state index contributed by atoms with van der Waals surface area (Å²) in [7, 11) is 1.48. The molecule has 2 saturated heterocycles. The van der Waals surface area contributed by atoms with E-state index in [0.29, 0.717) is 0 Å². The average molecular weight is 572 g/mol. The molecule has 0 atom stereocenters.